The summed E-state index contributed by atoms with van der Waals surface area (Å²) in [4.78, 5) is 21.4. The second kappa shape index (κ2) is 12.1. The molecule has 0 bridgehead atoms. The van der Waals surface area contributed by atoms with Crippen LogP contribution in [0, 0.1) is 19.8 Å². The van der Waals surface area contributed by atoms with Crippen molar-refractivity contribution >= 4 is 23.3 Å². The van der Waals surface area contributed by atoms with Crippen LogP contribution in [-0.2, 0) is 0 Å². The number of pyridine rings is 1. The van der Waals surface area contributed by atoms with Crippen LogP contribution < -0.4 is 10.2 Å². The van der Waals surface area contributed by atoms with Gasteiger partial charge >= 0.3 is 0 Å². The maximum absolute atomic E-state index is 10.8. The van der Waals surface area contributed by atoms with Crippen LogP contribution in [0.15, 0.2) is 47.2 Å². The largest absolute Gasteiger partial charge is 0.396 e. The third kappa shape index (κ3) is 6.05. The maximum Gasteiger partial charge on any atom is 0.223 e. The Hall–Kier alpha value is -3.72. The van der Waals surface area contributed by atoms with E-state index >= 15 is 0 Å². The van der Waals surface area contributed by atoms with Crippen LogP contribution in [0.4, 0.5) is 11.4 Å². The molecule has 3 aromatic heterocycles. The number of hydrogen-bond acceptors (Lipinski definition) is 8. The van der Waals surface area contributed by atoms with Gasteiger partial charge in [0.25, 0.3) is 0 Å². The van der Waals surface area contributed by atoms with E-state index in [2.05, 4.69) is 32.3 Å². The number of aliphatic hydroxyl groups excluding tert-OH is 1. The van der Waals surface area contributed by atoms with Crippen LogP contribution in [0.5, 0.6) is 0 Å². The average Bonchev–Trinajstić information content (AvgIpc) is 3.65. The van der Waals surface area contributed by atoms with Crippen molar-refractivity contribution in [3.05, 3.63) is 59.9 Å². The van der Waals surface area contributed by atoms with Gasteiger partial charge in [-0.15, -0.1) is 0 Å². The van der Waals surface area contributed by atoms with Gasteiger partial charge in [-0.2, -0.15) is 4.98 Å². The molecule has 4 aromatic rings. The molecule has 1 unspecified atom stereocenters. The van der Waals surface area contributed by atoms with Crippen LogP contribution in [0.1, 0.15) is 42.2 Å². The Labute approximate surface area is 205 Å². The Morgan fingerprint density at radius 3 is 2.66 bits per heavy atom. The van der Waals surface area contributed by atoms with E-state index in [0.29, 0.717) is 23.3 Å². The molecule has 9 heteroatoms. The molecule has 1 atom stereocenters. The fourth-order valence-corrected chi connectivity index (χ4v) is 3.94. The van der Waals surface area contributed by atoms with Gasteiger partial charge in [0.1, 0.15) is 11.3 Å². The molecule has 1 fully saturated rings. The summed E-state index contributed by atoms with van der Waals surface area (Å²) in [5.74, 6) is 1.58. The minimum Gasteiger partial charge on any atom is -0.396 e. The Morgan fingerprint density at radius 1 is 1.23 bits per heavy atom. The fourth-order valence-electron chi connectivity index (χ4n) is 3.94. The van der Waals surface area contributed by atoms with Crippen molar-refractivity contribution in [2.24, 2.45) is 5.92 Å². The first kappa shape index (κ1) is 25.9. The van der Waals surface area contributed by atoms with Gasteiger partial charge in [0, 0.05) is 68.8 Å². The highest BCUT2D eigenvalue weighted by atomic mass is 16.5. The predicted molar refractivity (Wildman–Crippen MR) is 138 cm³/mol. The number of nitrogens with zero attached hydrogens (tertiary/aromatic N) is 5. The Kier molecular flexibility index (Phi) is 8.97. The van der Waals surface area contributed by atoms with Crippen molar-refractivity contribution in [2.75, 3.05) is 37.0 Å². The van der Waals surface area contributed by atoms with Gasteiger partial charge < -0.3 is 19.8 Å². The monoisotopic (exact) mass is 478 g/mol. The molecule has 0 spiro atoms. The summed E-state index contributed by atoms with van der Waals surface area (Å²) in [6.07, 6.45) is 5.27. The van der Waals surface area contributed by atoms with Gasteiger partial charge in [-0.3, -0.25) is 9.20 Å². The van der Waals surface area contributed by atoms with Crippen molar-refractivity contribution in [1.29, 1.82) is 0 Å². The van der Waals surface area contributed by atoms with Crippen molar-refractivity contribution in [2.45, 2.75) is 34.1 Å². The van der Waals surface area contributed by atoms with E-state index in [4.69, 9.17) is 9.63 Å². The summed E-state index contributed by atoms with van der Waals surface area (Å²) < 4.78 is 6.72. The molecule has 0 aliphatic carbocycles. The molecule has 1 aromatic carbocycles. The number of anilines is 2. The Balaban J connectivity index is 0.000000186. The lowest BCUT2D eigenvalue weighted by Crippen LogP contribution is -2.20. The zero-order valence-electron chi connectivity index (χ0n) is 21.0. The van der Waals surface area contributed by atoms with Crippen LogP contribution in [0.3, 0.4) is 0 Å². The van der Waals surface area contributed by atoms with E-state index in [1.54, 1.807) is 17.5 Å². The number of hydrogen-bond donors (Lipinski definition) is 2. The second-order valence-corrected chi connectivity index (χ2v) is 8.11. The number of carbonyl (C=O) groups is 1. The number of aryl methyl sites for hydroxylation is 2. The number of aliphatic hydroxyl groups is 1. The molecule has 35 heavy (non-hydrogen) atoms. The normalized spacial score (nSPS) is 14.7. The lowest BCUT2D eigenvalue weighted by atomic mass is 10.1. The molecule has 2 N–H and O–H groups in total. The van der Waals surface area contributed by atoms with Crippen molar-refractivity contribution in [3.8, 4) is 11.4 Å². The minimum atomic E-state index is 0.247. The predicted octanol–water partition coefficient (Wildman–Crippen LogP) is 4.39. The second-order valence-electron chi connectivity index (χ2n) is 8.11. The molecule has 4 heterocycles. The zero-order chi connectivity index (χ0) is 25.4. The summed E-state index contributed by atoms with van der Waals surface area (Å²) in [6, 6.07) is 10.0. The summed E-state index contributed by atoms with van der Waals surface area (Å²) in [7, 11) is 1.90. The molecular weight excluding hydrogens is 444 g/mol. The fraction of sp³-hybridized carbons (Fsp3) is 0.385. The lowest BCUT2D eigenvalue weighted by molar-refractivity contribution is 0.111. The van der Waals surface area contributed by atoms with Gasteiger partial charge in [0.15, 0.2) is 6.29 Å². The van der Waals surface area contributed by atoms with E-state index in [-0.39, 0.29) is 6.61 Å². The van der Waals surface area contributed by atoms with Gasteiger partial charge in [-0.25, -0.2) is 4.98 Å². The summed E-state index contributed by atoms with van der Waals surface area (Å²) in [5.41, 5.74) is 5.67. The van der Waals surface area contributed by atoms with Crippen molar-refractivity contribution < 1.29 is 14.4 Å². The molecule has 1 saturated heterocycles. The molecule has 0 amide bonds. The van der Waals surface area contributed by atoms with Gasteiger partial charge in [-0.05, 0) is 31.0 Å². The van der Waals surface area contributed by atoms with E-state index in [1.165, 1.54) is 5.56 Å². The number of fused-ring (bicyclic) bond motifs is 1. The van der Waals surface area contributed by atoms with E-state index < -0.39 is 0 Å². The molecule has 9 nitrogen and oxygen atoms in total. The standard InChI is InChI=1S/C13H15N3O2.C11H13N3O.C2H6/c17-8-10-1-3-15(7-10)11-2-4-16-12(9-18)6-14-13(16)5-11;1-7-4-5-9(6-10(7)12-3)11-13-8(2)15-14-11;1-2/h2,4-6,9-10,17H,1,3,7-8H2;4-6,12H,1-3H3;1-2H3. The summed E-state index contributed by atoms with van der Waals surface area (Å²) in [5, 5.41) is 16.2. The quantitative estimate of drug-likeness (QED) is 0.407. The smallest absolute Gasteiger partial charge is 0.223 e. The van der Waals surface area contributed by atoms with Gasteiger partial charge in [0.2, 0.25) is 11.7 Å². The Bertz CT molecular complexity index is 1250. The molecule has 0 radical (unpaired) electrons. The number of imidazole rings is 1. The van der Waals surface area contributed by atoms with E-state index in [1.807, 2.05) is 57.4 Å². The number of aromatic nitrogens is 4. The highest BCUT2D eigenvalue weighted by molar-refractivity contribution is 5.74. The Morgan fingerprint density at radius 2 is 2.03 bits per heavy atom. The molecular formula is C26H34N6O3. The third-order valence-electron chi connectivity index (χ3n) is 5.85. The SMILES string of the molecule is CC.CNc1cc(-c2noc(C)n2)ccc1C.O=Cc1cnc2cc(N3CCC(CO)C3)ccn12. The lowest BCUT2D eigenvalue weighted by Gasteiger charge is -2.18. The highest BCUT2D eigenvalue weighted by Crippen LogP contribution is 2.25. The summed E-state index contributed by atoms with van der Waals surface area (Å²) >= 11 is 0. The molecule has 0 saturated carbocycles. The first-order valence-electron chi connectivity index (χ1n) is 11.9. The van der Waals surface area contributed by atoms with E-state index in [0.717, 1.165) is 48.4 Å². The average molecular weight is 479 g/mol. The van der Waals surface area contributed by atoms with E-state index in [9.17, 15) is 4.79 Å². The number of nitrogens with one attached hydrogen (secondary N) is 1. The third-order valence-corrected chi connectivity index (χ3v) is 5.85. The van der Waals surface area contributed by atoms with Gasteiger partial charge in [-0.1, -0.05) is 31.1 Å². The van der Waals surface area contributed by atoms with Crippen LogP contribution in [0.25, 0.3) is 17.0 Å². The highest BCUT2D eigenvalue weighted by Gasteiger charge is 2.22. The van der Waals surface area contributed by atoms with Crippen LogP contribution in [-0.4, -0.2) is 57.7 Å². The van der Waals surface area contributed by atoms with Crippen LogP contribution >= 0.6 is 0 Å². The molecule has 186 valence electrons. The first-order valence-corrected chi connectivity index (χ1v) is 11.9. The first-order chi connectivity index (χ1) is 17.0. The van der Waals surface area contributed by atoms with Gasteiger partial charge in [0.05, 0.1) is 6.20 Å². The molecule has 5 rings (SSSR count). The number of aldehydes is 1. The minimum absolute atomic E-state index is 0.247. The number of carbonyl (C=O) groups excluding carboxylic acids is 1. The maximum atomic E-state index is 10.8. The molecule has 1 aliphatic rings. The number of rotatable bonds is 5. The summed E-state index contributed by atoms with van der Waals surface area (Å²) in [6.45, 7) is 9.93. The topological polar surface area (TPSA) is 109 Å². The zero-order valence-corrected chi connectivity index (χ0v) is 21.0. The number of benzene rings is 1. The van der Waals surface area contributed by atoms with Crippen LogP contribution in [0.2, 0.25) is 0 Å². The molecule has 1 aliphatic heterocycles. The van der Waals surface area contributed by atoms with Crippen molar-refractivity contribution in [1.82, 2.24) is 19.5 Å². The van der Waals surface area contributed by atoms with Crippen molar-refractivity contribution in [3.63, 3.8) is 0 Å².